The molecule has 0 aromatic heterocycles. The second-order valence-electron chi connectivity index (χ2n) is 2.89. The Balaban J connectivity index is 2.46. The molecule has 72 valence electrons. The Kier molecular flexibility index (Phi) is 4.90. The van der Waals surface area contributed by atoms with Crippen molar-refractivity contribution in [3.63, 3.8) is 0 Å². The van der Waals surface area contributed by atoms with Crippen LogP contribution in [0.25, 0.3) is 0 Å². The minimum absolute atomic E-state index is 0.150. The highest BCUT2D eigenvalue weighted by Crippen LogP contribution is 2.04. The van der Waals surface area contributed by atoms with E-state index in [1.165, 1.54) is 5.56 Å². The molecule has 2 N–H and O–H groups in total. The summed E-state index contributed by atoms with van der Waals surface area (Å²) < 4.78 is 3.15. The molecular formula is C10H15NOS. The lowest BCUT2D eigenvalue weighted by Gasteiger charge is -2.13. The molecule has 0 spiro atoms. The summed E-state index contributed by atoms with van der Waals surface area (Å²) in [6.07, 6.45) is 2.84. The van der Waals surface area contributed by atoms with Crippen molar-refractivity contribution >= 4 is 11.9 Å². The Morgan fingerprint density at radius 3 is 2.62 bits per heavy atom. The Labute approximate surface area is 83.5 Å². The largest absolute Gasteiger partial charge is 0.395 e. The van der Waals surface area contributed by atoms with Crippen molar-refractivity contribution in [3.8, 4) is 0 Å². The summed E-state index contributed by atoms with van der Waals surface area (Å²) >= 11 is 1.54. The van der Waals surface area contributed by atoms with E-state index in [2.05, 4.69) is 16.9 Å². The highest BCUT2D eigenvalue weighted by molar-refractivity contribution is 7.96. The molecule has 1 unspecified atom stereocenters. The number of benzene rings is 1. The van der Waals surface area contributed by atoms with Gasteiger partial charge in [-0.2, -0.15) is 0 Å². The van der Waals surface area contributed by atoms with Crippen LogP contribution in [0, 0.1) is 0 Å². The molecule has 0 amide bonds. The van der Waals surface area contributed by atoms with E-state index in [9.17, 15) is 0 Å². The summed E-state index contributed by atoms with van der Waals surface area (Å²) in [7, 11) is 0. The van der Waals surface area contributed by atoms with Crippen molar-refractivity contribution in [2.24, 2.45) is 0 Å². The van der Waals surface area contributed by atoms with Gasteiger partial charge in [-0.15, -0.1) is 0 Å². The predicted molar refractivity (Wildman–Crippen MR) is 57.7 cm³/mol. The zero-order valence-electron chi connectivity index (χ0n) is 7.73. The van der Waals surface area contributed by atoms with Gasteiger partial charge < -0.3 is 5.11 Å². The third-order valence-electron chi connectivity index (χ3n) is 1.83. The lowest BCUT2D eigenvalue weighted by Crippen LogP contribution is -2.29. The number of hydrogen-bond acceptors (Lipinski definition) is 3. The Morgan fingerprint density at radius 1 is 1.38 bits per heavy atom. The van der Waals surface area contributed by atoms with E-state index in [1.54, 1.807) is 11.9 Å². The molecule has 0 aliphatic carbocycles. The highest BCUT2D eigenvalue weighted by atomic mass is 32.2. The van der Waals surface area contributed by atoms with Gasteiger partial charge in [0.1, 0.15) is 0 Å². The van der Waals surface area contributed by atoms with Crippen LogP contribution in [0.2, 0.25) is 0 Å². The number of rotatable bonds is 5. The number of aliphatic hydroxyl groups is 1. The van der Waals surface area contributed by atoms with Gasteiger partial charge >= 0.3 is 0 Å². The first-order valence-electron chi connectivity index (χ1n) is 4.30. The van der Waals surface area contributed by atoms with Gasteiger partial charge in [-0.05, 0) is 18.2 Å². The second-order valence-corrected chi connectivity index (χ2v) is 3.54. The summed E-state index contributed by atoms with van der Waals surface area (Å²) in [6.45, 7) is 0.176. The van der Waals surface area contributed by atoms with Gasteiger partial charge in [0.05, 0.1) is 6.61 Å². The summed E-state index contributed by atoms with van der Waals surface area (Å²) in [5.41, 5.74) is 1.25. The molecule has 0 radical (unpaired) electrons. The average molecular weight is 197 g/mol. The second kappa shape index (κ2) is 6.02. The first kappa shape index (κ1) is 10.6. The Bertz CT molecular complexity index is 228. The molecule has 0 bridgehead atoms. The van der Waals surface area contributed by atoms with E-state index in [1.807, 2.05) is 24.5 Å². The Morgan fingerprint density at radius 2 is 2.08 bits per heavy atom. The highest BCUT2D eigenvalue weighted by Gasteiger charge is 2.05. The van der Waals surface area contributed by atoms with Crippen LogP contribution in [0.3, 0.4) is 0 Å². The molecule has 0 fully saturated rings. The average Bonchev–Trinajstić information content (AvgIpc) is 2.19. The molecule has 1 rings (SSSR count). The number of aliphatic hydroxyl groups excluding tert-OH is 1. The molecule has 0 saturated heterocycles. The normalized spacial score (nSPS) is 12.8. The monoisotopic (exact) mass is 197 g/mol. The van der Waals surface area contributed by atoms with Gasteiger partial charge in [0.2, 0.25) is 0 Å². The third kappa shape index (κ3) is 3.81. The molecule has 1 aromatic carbocycles. The first-order chi connectivity index (χ1) is 6.36. The Hall–Kier alpha value is -0.510. The van der Waals surface area contributed by atoms with Gasteiger partial charge in [0, 0.05) is 6.04 Å². The maximum absolute atomic E-state index is 9.04. The molecule has 0 aliphatic heterocycles. The van der Waals surface area contributed by atoms with E-state index in [0.29, 0.717) is 0 Å². The van der Waals surface area contributed by atoms with Crippen LogP contribution in [-0.4, -0.2) is 24.0 Å². The van der Waals surface area contributed by atoms with Gasteiger partial charge in [0.15, 0.2) is 0 Å². The molecule has 2 nitrogen and oxygen atoms in total. The fourth-order valence-corrected chi connectivity index (χ4v) is 1.70. The summed E-state index contributed by atoms with van der Waals surface area (Å²) in [6, 6.07) is 10.3. The van der Waals surface area contributed by atoms with Crippen molar-refractivity contribution in [3.05, 3.63) is 35.9 Å². The SMILES string of the molecule is CSNC(CO)Cc1ccccc1. The van der Waals surface area contributed by atoms with Crippen LogP contribution in [0.1, 0.15) is 5.56 Å². The van der Waals surface area contributed by atoms with Crippen molar-refractivity contribution in [1.82, 2.24) is 4.72 Å². The van der Waals surface area contributed by atoms with Crippen molar-refractivity contribution in [1.29, 1.82) is 0 Å². The fraction of sp³-hybridized carbons (Fsp3) is 0.400. The van der Waals surface area contributed by atoms with E-state index in [0.717, 1.165) is 6.42 Å². The summed E-state index contributed by atoms with van der Waals surface area (Å²) in [5, 5.41) is 9.04. The van der Waals surface area contributed by atoms with Crippen LogP contribution < -0.4 is 4.72 Å². The summed E-state index contributed by atoms with van der Waals surface area (Å²) in [4.78, 5) is 0. The molecule has 0 heterocycles. The first-order valence-corrected chi connectivity index (χ1v) is 5.52. The molecule has 0 saturated carbocycles. The van der Waals surface area contributed by atoms with Crippen molar-refractivity contribution in [2.45, 2.75) is 12.5 Å². The molecule has 13 heavy (non-hydrogen) atoms. The van der Waals surface area contributed by atoms with Crippen molar-refractivity contribution in [2.75, 3.05) is 12.9 Å². The molecule has 1 atom stereocenters. The van der Waals surface area contributed by atoms with Crippen molar-refractivity contribution < 1.29 is 5.11 Å². The zero-order chi connectivity index (χ0) is 9.52. The summed E-state index contributed by atoms with van der Waals surface area (Å²) in [5.74, 6) is 0. The van der Waals surface area contributed by atoms with Gasteiger partial charge in [-0.25, -0.2) is 0 Å². The zero-order valence-corrected chi connectivity index (χ0v) is 8.55. The predicted octanol–water partition coefficient (Wildman–Crippen LogP) is 1.46. The molecule has 3 heteroatoms. The van der Waals surface area contributed by atoms with Gasteiger partial charge in [-0.3, -0.25) is 4.72 Å². The van der Waals surface area contributed by atoms with E-state index >= 15 is 0 Å². The maximum Gasteiger partial charge on any atom is 0.0596 e. The van der Waals surface area contributed by atoms with Crippen LogP contribution >= 0.6 is 11.9 Å². The third-order valence-corrected chi connectivity index (χ3v) is 2.40. The smallest absolute Gasteiger partial charge is 0.0596 e. The number of hydrogen-bond donors (Lipinski definition) is 2. The van der Waals surface area contributed by atoms with Gasteiger partial charge in [-0.1, -0.05) is 42.3 Å². The lowest BCUT2D eigenvalue weighted by molar-refractivity contribution is 0.258. The van der Waals surface area contributed by atoms with Crippen LogP contribution in [-0.2, 0) is 6.42 Å². The fourth-order valence-electron chi connectivity index (χ4n) is 1.21. The maximum atomic E-state index is 9.04. The molecule has 1 aromatic rings. The van der Waals surface area contributed by atoms with E-state index in [-0.39, 0.29) is 12.6 Å². The van der Waals surface area contributed by atoms with Crippen LogP contribution in [0.15, 0.2) is 30.3 Å². The van der Waals surface area contributed by atoms with E-state index in [4.69, 9.17) is 5.11 Å². The topological polar surface area (TPSA) is 32.3 Å². The minimum Gasteiger partial charge on any atom is -0.395 e. The minimum atomic E-state index is 0.150. The molecular weight excluding hydrogens is 182 g/mol. The van der Waals surface area contributed by atoms with E-state index < -0.39 is 0 Å². The lowest BCUT2D eigenvalue weighted by atomic mass is 10.1. The number of nitrogens with one attached hydrogen (secondary N) is 1. The van der Waals surface area contributed by atoms with Crippen LogP contribution in [0.4, 0.5) is 0 Å². The van der Waals surface area contributed by atoms with Crippen LogP contribution in [0.5, 0.6) is 0 Å². The quantitative estimate of drug-likeness (QED) is 0.701. The van der Waals surface area contributed by atoms with Gasteiger partial charge in [0.25, 0.3) is 0 Å². The molecule has 0 aliphatic rings. The standard InChI is InChI=1S/C10H15NOS/c1-13-11-10(8-12)7-9-5-3-2-4-6-9/h2-6,10-12H,7-8H2,1H3.